The van der Waals surface area contributed by atoms with Gasteiger partial charge in [-0.1, -0.05) is 0 Å². The smallest absolute Gasteiger partial charge is 0.328 e. The normalized spacial score (nSPS) is 14.5. The van der Waals surface area contributed by atoms with Gasteiger partial charge in [0.15, 0.2) is 0 Å². The molecule has 1 aromatic heterocycles. The molecule has 0 spiro atoms. The summed E-state index contributed by atoms with van der Waals surface area (Å²) in [6, 6.07) is 0. The number of hydrogen-bond donors (Lipinski definition) is 1. The molecule has 1 N–H and O–H groups in total. The maximum Gasteiger partial charge on any atom is 0.328 e. The van der Waals surface area contributed by atoms with Crippen LogP contribution in [0, 0.1) is 0 Å². The molecule has 0 radical (unpaired) electrons. The fourth-order valence-electron chi connectivity index (χ4n) is 1.56. The summed E-state index contributed by atoms with van der Waals surface area (Å²) in [6.45, 7) is 1.23. The molecule has 2 heterocycles. The van der Waals surface area contributed by atoms with Crippen LogP contribution in [0.1, 0.15) is 5.56 Å². The number of carboxylic acid groups (broad SMARTS) is 1. The third-order valence-corrected chi connectivity index (χ3v) is 2.20. The van der Waals surface area contributed by atoms with E-state index in [1.54, 1.807) is 10.9 Å². The molecule has 1 amide bonds. The van der Waals surface area contributed by atoms with Crippen molar-refractivity contribution in [3.63, 3.8) is 0 Å². The molecule has 1 aromatic rings. The van der Waals surface area contributed by atoms with E-state index in [9.17, 15) is 9.59 Å². The van der Waals surface area contributed by atoms with E-state index in [0.29, 0.717) is 24.5 Å². The first kappa shape index (κ1) is 9.45. The van der Waals surface area contributed by atoms with Gasteiger partial charge in [-0.2, -0.15) is 5.10 Å². The Morgan fingerprint density at radius 1 is 1.53 bits per heavy atom. The number of rotatable bonds is 3. The van der Waals surface area contributed by atoms with Crippen LogP contribution in [0.15, 0.2) is 12.3 Å². The van der Waals surface area contributed by atoms with Gasteiger partial charge in [-0.25, -0.2) is 9.48 Å². The SMILES string of the molecule is O=CN1CCn2ncc(/C=C/C(=O)O)c21. The Morgan fingerprint density at radius 3 is 3.00 bits per heavy atom. The Bertz CT molecular complexity index is 436. The van der Waals surface area contributed by atoms with Gasteiger partial charge in [0.05, 0.1) is 12.7 Å². The molecule has 0 aliphatic carbocycles. The minimum Gasteiger partial charge on any atom is -0.478 e. The summed E-state index contributed by atoms with van der Waals surface area (Å²) >= 11 is 0. The van der Waals surface area contributed by atoms with Crippen molar-refractivity contribution in [2.75, 3.05) is 11.4 Å². The number of nitrogens with zero attached hydrogens (tertiary/aromatic N) is 3. The van der Waals surface area contributed by atoms with Crippen molar-refractivity contribution in [2.45, 2.75) is 6.54 Å². The number of fused-ring (bicyclic) bond motifs is 1. The molecule has 6 heteroatoms. The van der Waals surface area contributed by atoms with Crippen LogP contribution in [0.2, 0.25) is 0 Å². The second kappa shape index (κ2) is 3.56. The van der Waals surface area contributed by atoms with E-state index < -0.39 is 5.97 Å². The van der Waals surface area contributed by atoms with Crippen molar-refractivity contribution < 1.29 is 14.7 Å². The van der Waals surface area contributed by atoms with E-state index in [4.69, 9.17) is 5.11 Å². The standard InChI is InChI=1S/C9H9N3O3/c13-6-11-3-4-12-9(11)7(5-10-12)1-2-8(14)15/h1-2,5-6H,3-4H2,(H,14,15)/b2-1+. The third kappa shape index (κ3) is 1.61. The largest absolute Gasteiger partial charge is 0.478 e. The molecule has 0 atom stereocenters. The van der Waals surface area contributed by atoms with Crippen molar-refractivity contribution in [1.29, 1.82) is 0 Å². The van der Waals surface area contributed by atoms with Crippen molar-refractivity contribution in [2.24, 2.45) is 0 Å². The molecule has 6 nitrogen and oxygen atoms in total. The zero-order valence-corrected chi connectivity index (χ0v) is 7.83. The van der Waals surface area contributed by atoms with Gasteiger partial charge in [0, 0.05) is 18.2 Å². The van der Waals surface area contributed by atoms with Gasteiger partial charge < -0.3 is 5.11 Å². The van der Waals surface area contributed by atoms with E-state index in [-0.39, 0.29) is 0 Å². The number of carbonyl (C=O) groups excluding carboxylic acids is 1. The van der Waals surface area contributed by atoms with Gasteiger partial charge in [0.1, 0.15) is 5.82 Å². The molecule has 78 valence electrons. The summed E-state index contributed by atoms with van der Waals surface area (Å²) in [5.74, 6) is -0.367. The molecular formula is C9H9N3O3. The van der Waals surface area contributed by atoms with Crippen LogP contribution in [0.5, 0.6) is 0 Å². The maximum atomic E-state index is 10.7. The first-order chi connectivity index (χ1) is 7.22. The first-order valence-corrected chi connectivity index (χ1v) is 4.41. The molecule has 0 fully saturated rings. The van der Waals surface area contributed by atoms with E-state index in [0.717, 1.165) is 12.5 Å². The van der Waals surface area contributed by atoms with Crippen LogP contribution < -0.4 is 4.90 Å². The van der Waals surface area contributed by atoms with Gasteiger partial charge in [-0.05, 0) is 6.08 Å². The lowest BCUT2D eigenvalue weighted by atomic mass is 10.3. The molecule has 1 aliphatic rings. The fourth-order valence-corrected chi connectivity index (χ4v) is 1.56. The molecule has 0 unspecified atom stereocenters. The van der Waals surface area contributed by atoms with Crippen LogP contribution in [-0.2, 0) is 16.1 Å². The van der Waals surface area contributed by atoms with Crippen LogP contribution in [0.3, 0.4) is 0 Å². The van der Waals surface area contributed by atoms with E-state index in [2.05, 4.69) is 5.10 Å². The predicted octanol–water partition coefficient (Wildman–Crippen LogP) is -0.0427. The molecule has 15 heavy (non-hydrogen) atoms. The highest BCUT2D eigenvalue weighted by Crippen LogP contribution is 2.25. The number of aliphatic carboxylic acids is 1. The molecule has 0 bridgehead atoms. The van der Waals surface area contributed by atoms with E-state index in [1.807, 2.05) is 0 Å². The van der Waals surface area contributed by atoms with Crippen molar-refractivity contribution >= 4 is 24.3 Å². The van der Waals surface area contributed by atoms with Gasteiger partial charge in [0.2, 0.25) is 6.41 Å². The number of anilines is 1. The number of hydrogen-bond acceptors (Lipinski definition) is 3. The van der Waals surface area contributed by atoms with Gasteiger partial charge in [0.25, 0.3) is 0 Å². The molecule has 2 rings (SSSR count). The average molecular weight is 207 g/mol. The second-order valence-electron chi connectivity index (χ2n) is 3.12. The molecule has 0 saturated carbocycles. The quantitative estimate of drug-likeness (QED) is 0.557. The first-order valence-electron chi connectivity index (χ1n) is 4.41. The summed E-state index contributed by atoms with van der Waals surface area (Å²) in [5.41, 5.74) is 0.641. The highest BCUT2D eigenvalue weighted by Gasteiger charge is 2.22. The number of amides is 1. The average Bonchev–Trinajstić information content (AvgIpc) is 2.75. The highest BCUT2D eigenvalue weighted by atomic mass is 16.4. The van der Waals surface area contributed by atoms with Gasteiger partial charge in [-0.15, -0.1) is 0 Å². The number of carboxylic acids is 1. The van der Waals surface area contributed by atoms with Crippen LogP contribution >= 0.6 is 0 Å². The Balaban J connectivity index is 2.34. The van der Waals surface area contributed by atoms with Crippen LogP contribution in [0.4, 0.5) is 5.82 Å². The minimum absolute atomic E-state index is 0.584. The van der Waals surface area contributed by atoms with E-state index in [1.165, 1.54) is 11.0 Å². The fraction of sp³-hybridized carbons (Fsp3) is 0.222. The number of carbonyl (C=O) groups is 2. The topological polar surface area (TPSA) is 75.4 Å². The monoisotopic (exact) mass is 207 g/mol. The summed E-state index contributed by atoms with van der Waals surface area (Å²) in [4.78, 5) is 22.6. The van der Waals surface area contributed by atoms with Gasteiger partial charge in [-0.3, -0.25) is 9.69 Å². The summed E-state index contributed by atoms with van der Waals surface area (Å²) in [6.07, 6.45) is 4.73. The summed E-state index contributed by atoms with van der Waals surface area (Å²) in [7, 11) is 0. The van der Waals surface area contributed by atoms with Crippen molar-refractivity contribution in [3.05, 3.63) is 17.8 Å². The molecule has 0 saturated heterocycles. The van der Waals surface area contributed by atoms with E-state index >= 15 is 0 Å². The van der Waals surface area contributed by atoms with Gasteiger partial charge >= 0.3 is 5.97 Å². The summed E-state index contributed by atoms with van der Waals surface area (Å²) < 4.78 is 1.68. The van der Waals surface area contributed by atoms with Crippen molar-refractivity contribution in [1.82, 2.24) is 9.78 Å². The molecular weight excluding hydrogens is 198 g/mol. The lowest BCUT2D eigenvalue weighted by Crippen LogP contribution is -2.17. The lowest BCUT2D eigenvalue weighted by molar-refractivity contribution is -0.131. The highest BCUT2D eigenvalue weighted by molar-refractivity contribution is 5.88. The number of aromatic nitrogens is 2. The Morgan fingerprint density at radius 2 is 2.33 bits per heavy atom. The summed E-state index contributed by atoms with van der Waals surface area (Å²) in [5, 5.41) is 12.5. The Hall–Kier alpha value is -2.11. The maximum absolute atomic E-state index is 10.7. The predicted molar refractivity (Wildman–Crippen MR) is 52.3 cm³/mol. The van der Waals surface area contributed by atoms with Crippen LogP contribution in [0.25, 0.3) is 6.08 Å². The molecule has 0 aromatic carbocycles. The zero-order valence-electron chi connectivity index (χ0n) is 7.83. The Kier molecular flexibility index (Phi) is 2.24. The molecule has 1 aliphatic heterocycles. The zero-order chi connectivity index (χ0) is 10.8. The van der Waals surface area contributed by atoms with Crippen molar-refractivity contribution in [3.8, 4) is 0 Å². The second-order valence-corrected chi connectivity index (χ2v) is 3.12. The van der Waals surface area contributed by atoms with Crippen LogP contribution in [-0.4, -0.2) is 33.8 Å². The lowest BCUT2D eigenvalue weighted by Gasteiger charge is -2.07. The minimum atomic E-state index is -1.02. The third-order valence-electron chi connectivity index (χ3n) is 2.20. The Labute approximate surface area is 85.4 Å².